The molecule has 2 aromatic rings. The highest BCUT2D eigenvalue weighted by Gasteiger charge is 2.55. The summed E-state index contributed by atoms with van der Waals surface area (Å²) in [6, 6.07) is 8.53. The number of thiazole rings is 1. The molecule has 0 saturated heterocycles. The van der Waals surface area contributed by atoms with Gasteiger partial charge in [0, 0.05) is 20.5 Å². The van der Waals surface area contributed by atoms with Crippen LogP contribution < -0.4 is 4.87 Å². The predicted molar refractivity (Wildman–Crippen MR) is 115 cm³/mol. The van der Waals surface area contributed by atoms with Gasteiger partial charge in [0.15, 0.2) is 0 Å². The third-order valence-corrected chi connectivity index (χ3v) is 9.81. The van der Waals surface area contributed by atoms with E-state index in [9.17, 15) is 9.59 Å². The van der Waals surface area contributed by atoms with Gasteiger partial charge in [-0.2, -0.15) is 0 Å². The van der Waals surface area contributed by atoms with Crippen LogP contribution in [0.15, 0.2) is 38.6 Å². The van der Waals surface area contributed by atoms with Crippen LogP contribution in [0.4, 0.5) is 0 Å². The van der Waals surface area contributed by atoms with Crippen LogP contribution in [-0.2, 0) is 16.1 Å². The molecule has 0 radical (unpaired) electrons. The van der Waals surface area contributed by atoms with Crippen molar-refractivity contribution < 1.29 is 9.53 Å². The summed E-state index contributed by atoms with van der Waals surface area (Å²) >= 11 is 6.80. The first-order valence-corrected chi connectivity index (χ1v) is 12.4. The number of hydrogen-bond acceptors (Lipinski definition) is 5. The maximum atomic E-state index is 12.8. The van der Waals surface area contributed by atoms with Crippen molar-refractivity contribution in [2.24, 2.45) is 17.8 Å². The van der Waals surface area contributed by atoms with Crippen LogP contribution in [0.25, 0.3) is 0 Å². The minimum atomic E-state index is -0.333. The summed E-state index contributed by atoms with van der Waals surface area (Å²) in [4.78, 5) is 26.0. The number of halogens is 1. The standard InChI is InChI=1S/C21H22BrNO3S2/c1-2-26-15(24)10-23-20-19(28-21(23)25)17(11-4-3-5-14(22)9-11)16-12-6-7-13(8-12)18(16)27-20/h3-5,9,12-13,16-18H,2,6-8,10H2,1H3. The van der Waals surface area contributed by atoms with Crippen LogP contribution in [0.1, 0.15) is 42.5 Å². The first-order valence-electron chi connectivity index (χ1n) is 9.88. The van der Waals surface area contributed by atoms with Crippen LogP contribution in [0.2, 0.25) is 0 Å². The van der Waals surface area contributed by atoms with E-state index >= 15 is 0 Å². The molecule has 2 fully saturated rings. The Balaban J connectivity index is 1.62. The number of carbonyl (C=O) groups excluding carboxylic acids is 1. The van der Waals surface area contributed by atoms with Gasteiger partial charge < -0.3 is 4.74 Å². The average Bonchev–Trinajstić information content (AvgIpc) is 3.35. The Kier molecular flexibility index (Phi) is 4.96. The Morgan fingerprint density at radius 2 is 2.14 bits per heavy atom. The zero-order valence-electron chi connectivity index (χ0n) is 15.6. The normalized spacial score (nSPS) is 30.1. The molecule has 4 nitrogen and oxygen atoms in total. The molecule has 28 heavy (non-hydrogen) atoms. The Morgan fingerprint density at radius 1 is 1.32 bits per heavy atom. The van der Waals surface area contributed by atoms with Crippen LogP contribution in [0.3, 0.4) is 0 Å². The SMILES string of the molecule is CCOC(=O)Cn1c2c(sc1=O)C(c1cccc(Br)c1)C1C3CCC(C3)C1S2. The van der Waals surface area contributed by atoms with Crippen molar-refractivity contribution in [1.82, 2.24) is 4.57 Å². The molecule has 5 unspecified atom stereocenters. The average molecular weight is 480 g/mol. The number of carbonyl (C=O) groups is 1. The maximum absolute atomic E-state index is 12.8. The third kappa shape index (κ3) is 3.01. The van der Waals surface area contributed by atoms with Crippen molar-refractivity contribution in [2.45, 2.75) is 48.9 Å². The molecule has 2 bridgehead atoms. The Morgan fingerprint density at radius 3 is 2.93 bits per heavy atom. The van der Waals surface area contributed by atoms with Gasteiger partial charge in [-0.3, -0.25) is 14.2 Å². The van der Waals surface area contributed by atoms with Gasteiger partial charge in [0.1, 0.15) is 6.54 Å². The first-order chi connectivity index (χ1) is 13.6. The van der Waals surface area contributed by atoms with Crippen molar-refractivity contribution in [2.75, 3.05) is 6.61 Å². The highest BCUT2D eigenvalue weighted by Crippen LogP contribution is 2.64. The van der Waals surface area contributed by atoms with E-state index in [0.717, 1.165) is 26.2 Å². The van der Waals surface area contributed by atoms with Crippen molar-refractivity contribution >= 4 is 45.0 Å². The van der Waals surface area contributed by atoms with Crippen LogP contribution in [0.5, 0.6) is 0 Å². The van der Waals surface area contributed by atoms with Crippen molar-refractivity contribution in [3.8, 4) is 0 Å². The first kappa shape index (κ1) is 18.9. The van der Waals surface area contributed by atoms with Gasteiger partial charge in [-0.25, -0.2) is 0 Å². The number of aromatic nitrogens is 1. The molecule has 2 saturated carbocycles. The highest BCUT2D eigenvalue weighted by molar-refractivity contribution is 9.10. The van der Waals surface area contributed by atoms with E-state index in [1.54, 1.807) is 11.5 Å². The zero-order chi connectivity index (χ0) is 19.4. The number of nitrogens with zero attached hydrogens (tertiary/aromatic N) is 1. The lowest BCUT2D eigenvalue weighted by molar-refractivity contribution is -0.144. The summed E-state index contributed by atoms with van der Waals surface area (Å²) in [6.45, 7) is 2.14. The van der Waals surface area contributed by atoms with Crippen molar-refractivity contribution in [3.63, 3.8) is 0 Å². The summed E-state index contributed by atoms with van der Waals surface area (Å²) in [5.41, 5.74) is 1.28. The molecule has 148 valence electrons. The number of ether oxygens (including phenoxy) is 1. The van der Waals surface area contributed by atoms with Gasteiger partial charge in [0.2, 0.25) is 0 Å². The maximum Gasteiger partial charge on any atom is 0.326 e. The minimum absolute atomic E-state index is 0.0161. The minimum Gasteiger partial charge on any atom is -0.465 e. The molecule has 0 amide bonds. The van der Waals surface area contributed by atoms with Gasteiger partial charge in [-0.15, -0.1) is 11.8 Å². The van der Waals surface area contributed by atoms with Gasteiger partial charge in [0.05, 0.1) is 11.6 Å². The lowest BCUT2D eigenvalue weighted by Gasteiger charge is -2.40. The van der Waals surface area contributed by atoms with Crippen LogP contribution >= 0.6 is 39.0 Å². The third-order valence-electron chi connectivity index (χ3n) is 6.49. The van der Waals surface area contributed by atoms with E-state index in [1.807, 2.05) is 11.8 Å². The second-order valence-corrected chi connectivity index (χ2v) is 11.0. The summed E-state index contributed by atoms with van der Waals surface area (Å²) in [5.74, 6) is 1.97. The molecule has 2 aliphatic carbocycles. The fraction of sp³-hybridized carbons (Fsp3) is 0.524. The number of benzene rings is 1. The number of fused-ring (bicyclic) bond motifs is 6. The molecule has 1 aliphatic heterocycles. The van der Waals surface area contributed by atoms with Gasteiger partial charge in [0.25, 0.3) is 0 Å². The van der Waals surface area contributed by atoms with E-state index < -0.39 is 0 Å². The highest BCUT2D eigenvalue weighted by atomic mass is 79.9. The van der Waals surface area contributed by atoms with Gasteiger partial charge in [-0.1, -0.05) is 39.4 Å². The number of rotatable bonds is 4. The van der Waals surface area contributed by atoms with Crippen molar-refractivity contribution in [1.29, 1.82) is 0 Å². The van der Waals surface area contributed by atoms with E-state index in [2.05, 4.69) is 40.2 Å². The predicted octanol–water partition coefficient (Wildman–Crippen LogP) is 4.89. The van der Waals surface area contributed by atoms with Gasteiger partial charge in [-0.05, 0) is 61.6 Å². The Bertz CT molecular complexity index is 984. The molecular formula is C21H22BrNO3S2. The van der Waals surface area contributed by atoms with E-state index in [0.29, 0.717) is 17.8 Å². The number of thioether (sulfide) groups is 1. The topological polar surface area (TPSA) is 48.3 Å². The second-order valence-electron chi connectivity index (χ2n) is 7.95. The fourth-order valence-electron chi connectivity index (χ4n) is 5.50. The smallest absolute Gasteiger partial charge is 0.326 e. The molecule has 7 heteroatoms. The van der Waals surface area contributed by atoms with Gasteiger partial charge >= 0.3 is 10.8 Å². The van der Waals surface area contributed by atoms with Crippen molar-refractivity contribution in [3.05, 3.63) is 48.8 Å². The van der Waals surface area contributed by atoms with E-state index in [4.69, 9.17) is 4.74 Å². The molecule has 0 N–H and O–H groups in total. The molecule has 0 spiro atoms. The number of hydrogen-bond donors (Lipinski definition) is 0. The van der Waals surface area contributed by atoms with E-state index in [1.165, 1.54) is 36.2 Å². The molecule has 1 aromatic heterocycles. The molecule has 5 rings (SSSR count). The summed E-state index contributed by atoms with van der Waals surface area (Å²) in [5, 5.41) is 1.54. The molecular weight excluding hydrogens is 458 g/mol. The number of esters is 1. The molecule has 3 aliphatic rings. The van der Waals surface area contributed by atoms with Crippen LogP contribution in [-0.4, -0.2) is 22.4 Å². The fourth-order valence-corrected chi connectivity index (χ4v) is 9.06. The lowest BCUT2D eigenvalue weighted by Crippen LogP contribution is -2.34. The quantitative estimate of drug-likeness (QED) is 0.585. The summed E-state index contributed by atoms with van der Waals surface area (Å²) < 4.78 is 7.85. The molecule has 5 atom stereocenters. The largest absolute Gasteiger partial charge is 0.465 e. The Hall–Kier alpha value is -1.05. The Labute approximate surface area is 180 Å². The lowest BCUT2D eigenvalue weighted by atomic mass is 9.75. The summed E-state index contributed by atoms with van der Waals surface area (Å²) in [7, 11) is 0. The van der Waals surface area contributed by atoms with Crippen LogP contribution in [0, 0.1) is 17.8 Å². The summed E-state index contributed by atoms with van der Waals surface area (Å²) in [6.07, 6.45) is 3.92. The molecule has 1 aromatic carbocycles. The molecule has 2 heterocycles. The zero-order valence-corrected chi connectivity index (χ0v) is 18.8. The second kappa shape index (κ2) is 7.33. The monoisotopic (exact) mass is 479 g/mol. The van der Waals surface area contributed by atoms with E-state index in [-0.39, 0.29) is 23.3 Å².